The van der Waals surface area contributed by atoms with E-state index in [0.29, 0.717) is 12.6 Å². The molecule has 1 saturated heterocycles. The van der Waals surface area contributed by atoms with Gasteiger partial charge in [0, 0.05) is 23.0 Å². The number of halogens is 1. The van der Waals surface area contributed by atoms with E-state index in [4.69, 9.17) is 0 Å². The fraction of sp³-hybridized carbons (Fsp3) is 0.667. The van der Waals surface area contributed by atoms with Crippen LogP contribution in [0.15, 0.2) is 5.38 Å². The number of nitrogens with zero attached hydrogens (tertiary/aromatic N) is 1. The number of piperidine rings is 1. The van der Waals surface area contributed by atoms with Crippen LogP contribution in [0.5, 0.6) is 0 Å². The van der Waals surface area contributed by atoms with Gasteiger partial charge in [0.2, 0.25) is 5.91 Å². The molecule has 0 spiro atoms. The Kier molecular flexibility index (Phi) is 6.05. The highest BCUT2D eigenvalue weighted by Crippen LogP contribution is 2.16. The van der Waals surface area contributed by atoms with E-state index in [0.717, 1.165) is 30.1 Å². The summed E-state index contributed by atoms with van der Waals surface area (Å²) in [6, 6.07) is 0.446. The van der Waals surface area contributed by atoms with Crippen molar-refractivity contribution in [1.29, 1.82) is 0 Å². The van der Waals surface area contributed by atoms with Crippen LogP contribution in [0, 0.1) is 12.8 Å². The van der Waals surface area contributed by atoms with Crippen LogP contribution < -0.4 is 10.6 Å². The molecule has 2 N–H and O–H groups in total. The van der Waals surface area contributed by atoms with Crippen LogP contribution in [-0.2, 0) is 11.3 Å². The van der Waals surface area contributed by atoms with Crippen LogP contribution >= 0.6 is 23.7 Å². The van der Waals surface area contributed by atoms with E-state index in [1.807, 2.05) is 12.3 Å². The molecule has 1 amide bonds. The molecule has 0 radical (unpaired) electrons. The highest BCUT2D eigenvalue weighted by Gasteiger charge is 2.24. The Morgan fingerprint density at radius 3 is 3.06 bits per heavy atom. The van der Waals surface area contributed by atoms with E-state index in [9.17, 15) is 4.79 Å². The number of rotatable bonds is 3. The van der Waals surface area contributed by atoms with Gasteiger partial charge in [-0.2, -0.15) is 0 Å². The zero-order chi connectivity index (χ0) is 12.3. The van der Waals surface area contributed by atoms with Crippen LogP contribution in [0.25, 0.3) is 0 Å². The molecule has 1 aromatic rings. The molecule has 4 nitrogen and oxygen atoms in total. The first kappa shape index (κ1) is 15.4. The minimum Gasteiger partial charge on any atom is -0.349 e. The first-order chi connectivity index (χ1) is 8.15. The monoisotopic (exact) mass is 289 g/mol. The van der Waals surface area contributed by atoms with Gasteiger partial charge in [0.05, 0.1) is 6.54 Å². The molecule has 2 atom stereocenters. The predicted molar refractivity (Wildman–Crippen MR) is 76.1 cm³/mol. The van der Waals surface area contributed by atoms with Crippen molar-refractivity contribution in [3.63, 3.8) is 0 Å². The first-order valence-electron chi connectivity index (χ1n) is 6.07. The SMILES string of the molecule is Cc1csc(CNC(=O)[C@H]2CCN[C@@H](C)C2)n1.Cl. The number of hydrogen-bond donors (Lipinski definition) is 2. The minimum atomic E-state index is 0. The third-order valence-electron chi connectivity index (χ3n) is 3.07. The Morgan fingerprint density at radius 2 is 2.44 bits per heavy atom. The molecule has 2 rings (SSSR count). The van der Waals surface area contributed by atoms with E-state index in [1.54, 1.807) is 11.3 Å². The Hall–Kier alpha value is -0.650. The molecule has 2 heterocycles. The topological polar surface area (TPSA) is 54.0 Å². The molecular weight excluding hydrogens is 270 g/mol. The number of thiazole rings is 1. The Balaban J connectivity index is 0.00000162. The molecule has 0 aromatic carbocycles. The van der Waals surface area contributed by atoms with Crippen molar-refractivity contribution >= 4 is 29.7 Å². The summed E-state index contributed by atoms with van der Waals surface area (Å²) < 4.78 is 0. The van der Waals surface area contributed by atoms with E-state index in [2.05, 4.69) is 22.5 Å². The zero-order valence-electron chi connectivity index (χ0n) is 10.7. The highest BCUT2D eigenvalue weighted by molar-refractivity contribution is 7.09. The van der Waals surface area contributed by atoms with Crippen LogP contribution in [0.3, 0.4) is 0 Å². The van der Waals surface area contributed by atoms with Crippen molar-refractivity contribution in [3.8, 4) is 0 Å². The number of carbonyl (C=O) groups excluding carboxylic acids is 1. The summed E-state index contributed by atoms with van der Waals surface area (Å²) in [7, 11) is 0. The Morgan fingerprint density at radius 1 is 1.67 bits per heavy atom. The van der Waals surface area contributed by atoms with Gasteiger partial charge in [-0.1, -0.05) is 0 Å². The molecule has 102 valence electrons. The van der Waals surface area contributed by atoms with E-state index in [1.165, 1.54) is 0 Å². The van der Waals surface area contributed by atoms with Gasteiger partial charge in [0.25, 0.3) is 0 Å². The fourth-order valence-corrected chi connectivity index (χ4v) is 2.87. The second kappa shape index (κ2) is 7.07. The average Bonchev–Trinajstić information content (AvgIpc) is 2.72. The van der Waals surface area contributed by atoms with Gasteiger partial charge in [0.15, 0.2) is 0 Å². The maximum atomic E-state index is 12.0. The van der Waals surface area contributed by atoms with Crippen molar-refractivity contribution in [2.75, 3.05) is 6.54 Å². The van der Waals surface area contributed by atoms with Crippen molar-refractivity contribution in [2.45, 2.75) is 39.3 Å². The maximum Gasteiger partial charge on any atom is 0.223 e. The van der Waals surface area contributed by atoms with Crippen LogP contribution in [-0.4, -0.2) is 23.5 Å². The van der Waals surface area contributed by atoms with E-state index < -0.39 is 0 Å². The number of aromatic nitrogens is 1. The normalized spacial score (nSPS) is 23.2. The van der Waals surface area contributed by atoms with Crippen molar-refractivity contribution in [2.24, 2.45) is 5.92 Å². The van der Waals surface area contributed by atoms with Gasteiger partial charge in [-0.3, -0.25) is 4.79 Å². The van der Waals surface area contributed by atoms with Gasteiger partial charge >= 0.3 is 0 Å². The maximum absolute atomic E-state index is 12.0. The minimum absolute atomic E-state index is 0. The van der Waals surface area contributed by atoms with Crippen LogP contribution in [0.1, 0.15) is 30.5 Å². The number of carbonyl (C=O) groups is 1. The summed E-state index contributed by atoms with van der Waals surface area (Å²) in [5.74, 6) is 0.332. The summed E-state index contributed by atoms with van der Waals surface area (Å²) in [6.07, 6.45) is 1.87. The lowest BCUT2D eigenvalue weighted by Crippen LogP contribution is -2.42. The third-order valence-corrected chi connectivity index (χ3v) is 4.04. The molecular formula is C12H20ClN3OS. The second-order valence-corrected chi connectivity index (χ2v) is 5.62. The Labute approximate surface area is 118 Å². The molecule has 1 aromatic heterocycles. The lowest BCUT2D eigenvalue weighted by atomic mass is 9.92. The third kappa shape index (κ3) is 4.23. The average molecular weight is 290 g/mol. The van der Waals surface area contributed by atoms with Crippen molar-refractivity contribution in [3.05, 3.63) is 16.1 Å². The van der Waals surface area contributed by atoms with Gasteiger partial charge in [-0.25, -0.2) is 4.98 Å². The van der Waals surface area contributed by atoms with Gasteiger partial charge < -0.3 is 10.6 Å². The highest BCUT2D eigenvalue weighted by atomic mass is 35.5. The largest absolute Gasteiger partial charge is 0.349 e. The summed E-state index contributed by atoms with van der Waals surface area (Å²) in [6.45, 7) is 5.60. The van der Waals surface area contributed by atoms with Gasteiger partial charge in [-0.05, 0) is 33.2 Å². The van der Waals surface area contributed by atoms with E-state index in [-0.39, 0.29) is 24.2 Å². The summed E-state index contributed by atoms with van der Waals surface area (Å²) in [5.41, 5.74) is 1.02. The van der Waals surface area contributed by atoms with E-state index >= 15 is 0 Å². The molecule has 18 heavy (non-hydrogen) atoms. The lowest BCUT2D eigenvalue weighted by Gasteiger charge is -2.26. The van der Waals surface area contributed by atoms with Crippen molar-refractivity contribution in [1.82, 2.24) is 15.6 Å². The number of amides is 1. The molecule has 1 fully saturated rings. The lowest BCUT2D eigenvalue weighted by molar-refractivity contribution is -0.126. The molecule has 0 bridgehead atoms. The molecule has 1 aliphatic heterocycles. The molecule has 0 saturated carbocycles. The molecule has 6 heteroatoms. The van der Waals surface area contributed by atoms with Crippen molar-refractivity contribution < 1.29 is 4.79 Å². The molecule has 0 unspecified atom stereocenters. The smallest absolute Gasteiger partial charge is 0.223 e. The van der Waals surface area contributed by atoms with Crippen LogP contribution in [0.2, 0.25) is 0 Å². The van der Waals surface area contributed by atoms with Crippen LogP contribution in [0.4, 0.5) is 0 Å². The quantitative estimate of drug-likeness (QED) is 0.893. The fourth-order valence-electron chi connectivity index (χ4n) is 2.16. The summed E-state index contributed by atoms with van der Waals surface area (Å²) in [4.78, 5) is 16.3. The Bertz CT molecular complexity index is 396. The number of aryl methyl sites for hydroxylation is 1. The molecule has 1 aliphatic rings. The molecule has 0 aliphatic carbocycles. The number of hydrogen-bond acceptors (Lipinski definition) is 4. The standard InChI is InChI=1S/C12H19N3OS.ClH/c1-8-5-10(3-4-13-8)12(16)14-6-11-15-9(2)7-17-11;/h7-8,10,13H,3-6H2,1-2H3,(H,14,16);1H/t8-,10-;/m0./s1. The van der Waals surface area contributed by atoms with Gasteiger partial charge in [-0.15, -0.1) is 23.7 Å². The zero-order valence-corrected chi connectivity index (χ0v) is 12.4. The summed E-state index contributed by atoms with van der Waals surface area (Å²) in [5, 5.41) is 9.33. The van der Waals surface area contributed by atoms with Gasteiger partial charge in [0.1, 0.15) is 5.01 Å². The number of nitrogens with one attached hydrogen (secondary N) is 2. The predicted octanol–water partition coefficient (Wildman–Crippen LogP) is 1.88. The second-order valence-electron chi connectivity index (χ2n) is 4.68. The first-order valence-corrected chi connectivity index (χ1v) is 6.95. The summed E-state index contributed by atoms with van der Waals surface area (Å²) >= 11 is 1.60.